The van der Waals surface area contributed by atoms with E-state index in [0.717, 1.165) is 31.9 Å². The monoisotopic (exact) mass is 413 g/mol. The molecule has 29 heavy (non-hydrogen) atoms. The minimum absolute atomic E-state index is 0.000798. The molecule has 1 aromatic heterocycles. The highest BCUT2D eigenvalue weighted by atomic mass is 32.2. The van der Waals surface area contributed by atoms with Gasteiger partial charge in [0.05, 0.1) is 28.9 Å². The van der Waals surface area contributed by atoms with Crippen LogP contribution in [0.2, 0.25) is 0 Å². The van der Waals surface area contributed by atoms with E-state index in [0.29, 0.717) is 5.69 Å². The maximum atomic E-state index is 13.0. The van der Waals surface area contributed by atoms with Crippen molar-refractivity contribution in [2.24, 2.45) is 10.1 Å². The molecule has 1 aromatic carbocycles. The van der Waals surface area contributed by atoms with Crippen LogP contribution in [-0.4, -0.2) is 56.9 Å². The van der Waals surface area contributed by atoms with Gasteiger partial charge in [-0.2, -0.15) is 0 Å². The van der Waals surface area contributed by atoms with E-state index >= 15 is 0 Å². The van der Waals surface area contributed by atoms with Crippen molar-refractivity contribution in [1.29, 1.82) is 0 Å². The molecular weight excluding hydrogens is 394 g/mol. The van der Waals surface area contributed by atoms with Crippen LogP contribution in [0.1, 0.15) is 27.1 Å². The van der Waals surface area contributed by atoms with E-state index in [1.807, 2.05) is 6.07 Å². The number of anilines is 1. The van der Waals surface area contributed by atoms with Crippen LogP contribution >= 0.6 is 0 Å². The lowest BCUT2D eigenvalue weighted by Crippen LogP contribution is -2.43. The van der Waals surface area contributed by atoms with Gasteiger partial charge in [0.15, 0.2) is 5.78 Å². The molecule has 1 aliphatic heterocycles. The molecule has 10 heteroatoms. The van der Waals surface area contributed by atoms with Crippen LogP contribution in [0.5, 0.6) is 0 Å². The van der Waals surface area contributed by atoms with Crippen molar-refractivity contribution in [3.63, 3.8) is 0 Å². The summed E-state index contributed by atoms with van der Waals surface area (Å²) in [7, 11) is -4.13. The fourth-order valence-electron chi connectivity index (χ4n) is 3.60. The maximum Gasteiger partial charge on any atom is 0.238 e. The lowest BCUT2D eigenvalue weighted by atomic mass is 9.88. The molecule has 2 aromatic rings. The number of pyridine rings is 1. The van der Waals surface area contributed by atoms with Crippen LogP contribution in [0.4, 0.5) is 11.4 Å². The SMILES string of the molecule is NS(=O)(=O)c1cccc2c1C(=O)CC(=Nc1cnccc1N1CCNCC1)C2=O. The first-order valence-electron chi connectivity index (χ1n) is 9.07. The van der Waals surface area contributed by atoms with Crippen LogP contribution in [0.25, 0.3) is 0 Å². The molecule has 0 spiro atoms. The number of benzene rings is 1. The lowest BCUT2D eigenvalue weighted by Gasteiger charge is -2.30. The predicted molar refractivity (Wildman–Crippen MR) is 108 cm³/mol. The molecule has 0 atom stereocenters. The van der Waals surface area contributed by atoms with Gasteiger partial charge < -0.3 is 10.2 Å². The van der Waals surface area contributed by atoms with Crippen molar-refractivity contribution < 1.29 is 18.0 Å². The molecule has 3 N–H and O–H groups in total. The minimum Gasteiger partial charge on any atom is -0.367 e. The quantitative estimate of drug-likeness (QED) is 0.755. The van der Waals surface area contributed by atoms with Crippen molar-refractivity contribution in [1.82, 2.24) is 10.3 Å². The summed E-state index contributed by atoms with van der Waals surface area (Å²) in [5, 5.41) is 8.48. The van der Waals surface area contributed by atoms with Crippen molar-refractivity contribution in [3.05, 3.63) is 47.8 Å². The number of nitrogens with two attached hydrogens (primary N) is 1. The Kier molecular flexibility index (Phi) is 4.99. The van der Waals surface area contributed by atoms with Gasteiger partial charge in [0.1, 0.15) is 5.69 Å². The Morgan fingerprint density at radius 3 is 2.62 bits per heavy atom. The number of sulfonamides is 1. The first-order valence-corrected chi connectivity index (χ1v) is 10.6. The van der Waals surface area contributed by atoms with E-state index in [1.165, 1.54) is 18.2 Å². The van der Waals surface area contributed by atoms with Gasteiger partial charge in [-0.15, -0.1) is 0 Å². The number of piperazine rings is 1. The summed E-state index contributed by atoms with van der Waals surface area (Å²) in [5.74, 6) is -0.990. The molecule has 1 saturated heterocycles. The normalized spacial score (nSPS) is 18.8. The smallest absolute Gasteiger partial charge is 0.238 e. The van der Waals surface area contributed by atoms with Crippen molar-refractivity contribution >= 4 is 38.7 Å². The highest BCUT2D eigenvalue weighted by molar-refractivity contribution is 7.89. The summed E-state index contributed by atoms with van der Waals surface area (Å²) < 4.78 is 23.6. The number of rotatable bonds is 3. The summed E-state index contributed by atoms with van der Waals surface area (Å²) in [6, 6.07) is 5.86. The average Bonchev–Trinajstić information content (AvgIpc) is 2.72. The number of Topliss-reactive ketones (excluding diaryl/α,β-unsaturated/α-hetero) is 2. The van der Waals surface area contributed by atoms with E-state index in [2.05, 4.69) is 20.2 Å². The highest BCUT2D eigenvalue weighted by Crippen LogP contribution is 2.31. The lowest BCUT2D eigenvalue weighted by molar-refractivity contribution is 0.0962. The fraction of sp³-hybridized carbons (Fsp3) is 0.263. The third-order valence-corrected chi connectivity index (χ3v) is 5.89. The number of hydrogen-bond donors (Lipinski definition) is 2. The molecule has 9 nitrogen and oxygen atoms in total. The standard InChI is InChI=1S/C19H19N5O4S/c20-29(27,28)17-3-1-2-12-18(17)16(25)10-13(19(12)26)23-14-11-22-5-4-15(14)24-8-6-21-7-9-24/h1-5,11,21H,6-10H2,(H2,20,27,28). The number of carbonyl (C=O) groups is 2. The number of hydrogen-bond acceptors (Lipinski definition) is 8. The van der Waals surface area contributed by atoms with Gasteiger partial charge in [0.2, 0.25) is 15.8 Å². The Labute approximate surface area is 167 Å². The number of ketones is 2. The number of aromatic nitrogens is 1. The van der Waals surface area contributed by atoms with Gasteiger partial charge in [0, 0.05) is 43.5 Å². The van der Waals surface area contributed by atoms with Gasteiger partial charge in [-0.05, 0) is 12.1 Å². The van der Waals surface area contributed by atoms with Crippen LogP contribution < -0.4 is 15.4 Å². The Balaban J connectivity index is 1.77. The zero-order chi connectivity index (χ0) is 20.6. The van der Waals surface area contributed by atoms with Crippen LogP contribution in [0, 0.1) is 0 Å². The van der Waals surface area contributed by atoms with E-state index in [4.69, 9.17) is 5.14 Å². The van der Waals surface area contributed by atoms with Crippen molar-refractivity contribution in [3.8, 4) is 0 Å². The Hall–Kier alpha value is -2.95. The number of nitrogens with zero attached hydrogens (tertiary/aromatic N) is 3. The second-order valence-electron chi connectivity index (χ2n) is 6.81. The zero-order valence-corrected chi connectivity index (χ0v) is 16.3. The van der Waals surface area contributed by atoms with Crippen molar-refractivity contribution in [2.75, 3.05) is 31.1 Å². The molecule has 2 aliphatic rings. The molecule has 150 valence electrons. The van der Waals surface area contributed by atoms with Crippen LogP contribution in [-0.2, 0) is 10.0 Å². The highest BCUT2D eigenvalue weighted by Gasteiger charge is 2.34. The van der Waals surface area contributed by atoms with Gasteiger partial charge in [-0.25, -0.2) is 18.5 Å². The van der Waals surface area contributed by atoms with Gasteiger partial charge in [-0.3, -0.25) is 14.6 Å². The molecule has 1 fully saturated rings. The molecule has 0 radical (unpaired) electrons. The molecule has 0 unspecified atom stereocenters. The Morgan fingerprint density at radius 1 is 1.14 bits per heavy atom. The molecule has 0 bridgehead atoms. The number of carbonyl (C=O) groups excluding carboxylic acids is 2. The Morgan fingerprint density at radius 2 is 1.90 bits per heavy atom. The van der Waals surface area contributed by atoms with E-state index in [9.17, 15) is 18.0 Å². The molecule has 4 rings (SSSR count). The van der Waals surface area contributed by atoms with E-state index < -0.39 is 21.6 Å². The van der Waals surface area contributed by atoms with Crippen molar-refractivity contribution in [2.45, 2.75) is 11.3 Å². The average molecular weight is 413 g/mol. The summed E-state index contributed by atoms with van der Waals surface area (Å²) >= 11 is 0. The topological polar surface area (TPSA) is 135 Å². The first kappa shape index (κ1) is 19.4. The second kappa shape index (κ2) is 7.47. The summed E-state index contributed by atoms with van der Waals surface area (Å²) in [4.78, 5) is 36.0. The second-order valence-corrected chi connectivity index (χ2v) is 8.34. The summed E-state index contributed by atoms with van der Waals surface area (Å²) in [6.45, 7) is 3.24. The van der Waals surface area contributed by atoms with Gasteiger partial charge in [-0.1, -0.05) is 12.1 Å². The number of fused-ring (bicyclic) bond motifs is 1. The summed E-state index contributed by atoms with van der Waals surface area (Å²) in [5.41, 5.74) is 1.22. The zero-order valence-electron chi connectivity index (χ0n) is 15.5. The third kappa shape index (κ3) is 3.69. The first-order chi connectivity index (χ1) is 13.9. The largest absolute Gasteiger partial charge is 0.367 e. The van der Waals surface area contributed by atoms with E-state index in [-0.39, 0.29) is 28.2 Å². The summed E-state index contributed by atoms with van der Waals surface area (Å²) in [6.07, 6.45) is 2.91. The minimum atomic E-state index is -4.13. The molecular formula is C19H19N5O4S. The Bertz CT molecular complexity index is 1140. The number of primary sulfonamides is 1. The van der Waals surface area contributed by atoms with Gasteiger partial charge in [0.25, 0.3) is 0 Å². The molecule has 2 heterocycles. The third-order valence-electron chi connectivity index (χ3n) is 4.94. The molecule has 0 saturated carbocycles. The fourth-order valence-corrected chi connectivity index (χ4v) is 4.37. The van der Waals surface area contributed by atoms with Gasteiger partial charge >= 0.3 is 0 Å². The molecule has 1 aliphatic carbocycles. The van der Waals surface area contributed by atoms with E-state index in [1.54, 1.807) is 12.4 Å². The maximum absolute atomic E-state index is 13.0. The molecule has 0 amide bonds. The van der Waals surface area contributed by atoms with Crippen LogP contribution in [0.3, 0.4) is 0 Å². The number of nitrogens with one attached hydrogen (secondary N) is 1. The predicted octanol–water partition coefficient (Wildman–Crippen LogP) is 0.680. The number of aliphatic imine (C=N–C) groups is 1. The van der Waals surface area contributed by atoms with Crippen LogP contribution in [0.15, 0.2) is 46.5 Å².